The first-order valence-corrected chi connectivity index (χ1v) is 4.96. The van der Waals surface area contributed by atoms with Crippen molar-refractivity contribution < 1.29 is 0 Å². The van der Waals surface area contributed by atoms with Gasteiger partial charge in [-0.3, -0.25) is 10.4 Å². The van der Waals surface area contributed by atoms with Gasteiger partial charge >= 0.3 is 0 Å². The van der Waals surface area contributed by atoms with Crippen LogP contribution < -0.4 is 21.8 Å². The van der Waals surface area contributed by atoms with Crippen LogP contribution in [0.15, 0.2) is 11.3 Å². The van der Waals surface area contributed by atoms with Gasteiger partial charge in [-0.2, -0.15) is 10.3 Å². The van der Waals surface area contributed by atoms with Crippen LogP contribution in [0.1, 0.15) is 12.8 Å². The zero-order valence-electron chi connectivity index (χ0n) is 9.01. The quantitative estimate of drug-likeness (QED) is 0.358. The second kappa shape index (κ2) is 4.77. The number of aromatic amines is 1. The lowest BCUT2D eigenvalue weighted by molar-refractivity contribution is 0.231. The number of nitrogens with one attached hydrogen (secondary N) is 3. The van der Waals surface area contributed by atoms with Crippen LogP contribution in [0.25, 0.3) is 0 Å². The molecule has 0 bridgehead atoms. The smallest absolute Gasteiger partial charge is 0.184 e. The van der Waals surface area contributed by atoms with E-state index < -0.39 is 0 Å². The molecule has 0 radical (unpaired) electrons. The largest absolute Gasteiger partial charge is 0.292 e. The summed E-state index contributed by atoms with van der Waals surface area (Å²) in [5.41, 5.74) is 5.81. The van der Waals surface area contributed by atoms with Crippen LogP contribution in [-0.4, -0.2) is 40.0 Å². The lowest BCUT2D eigenvalue weighted by Crippen LogP contribution is -2.38. The summed E-state index contributed by atoms with van der Waals surface area (Å²) in [5.74, 6) is 7.31. The molecular weight excluding hydrogens is 210 g/mol. The van der Waals surface area contributed by atoms with E-state index in [-0.39, 0.29) is 0 Å². The standard InChI is InChI=1S/C7H15N9/c1-15-12-6(10-14-15)3-2-4-16(8)7-5-9-13-11-7/h5,14H,2-4,8H2,1H3,(H,10,12)(H,9,11,13). The summed E-state index contributed by atoms with van der Waals surface area (Å²) >= 11 is 0. The van der Waals surface area contributed by atoms with Gasteiger partial charge < -0.3 is 0 Å². The normalized spacial score (nSPS) is 15.5. The molecule has 0 saturated carbocycles. The zero-order chi connectivity index (χ0) is 11.4. The van der Waals surface area contributed by atoms with Crippen molar-refractivity contribution in [3.63, 3.8) is 0 Å². The van der Waals surface area contributed by atoms with Crippen molar-refractivity contribution in [1.82, 2.24) is 31.5 Å². The van der Waals surface area contributed by atoms with E-state index in [4.69, 9.17) is 5.84 Å². The first-order chi connectivity index (χ1) is 7.75. The van der Waals surface area contributed by atoms with Crippen LogP contribution in [0.2, 0.25) is 0 Å². The summed E-state index contributed by atoms with van der Waals surface area (Å²) in [7, 11) is 1.85. The molecule has 0 spiro atoms. The third-order valence-corrected chi connectivity index (χ3v) is 2.14. The van der Waals surface area contributed by atoms with Crippen LogP contribution in [0, 0.1) is 0 Å². The lowest BCUT2D eigenvalue weighted by atomic mass is 10.3. The summed E-state index contributed by atoms with van der Waals surface area (Å²) in [6.45, 7) is 0.691. The average Bonchev–Trinajstić information content (AvgIpc) is 2.89. The van der Waals surface area contributed by atoms with E-state index in [0.29, 0.717) is 12.4 Å². The maximum absolute atomic E-state index is 5.78. The fraction of sp³-hybridized carbons (Fsp3) is 0.571. The van der Waals surface area contributed by atoms with Gasteiger partial charge in [-0.15, -0.1) is 15.3 Å². The number of hydrazone groups is 1. The van der Waals surface area contributed by atoms with E-state index in [1.54, 1.807) is 16.3 Å². The molecule has 2 heterocycles. The van der Waals surface area contributed by atoms with Crippen molar-refractivity contribution in [2.45, 2.75) is 12.8 Å². The van der Waals surface area contributed by atoms with Gasteiger partial charge in [0.15, 0.2) is 5.82 Å². The molecule has 0 atom stereocenters. The molecule has 1 aliphatic heterocycles. The number of aromatic nitrogens is 3. The summed E-state index contributed by atoms with van der Waals surface area (Å²) in [5, 5.41) is 17.4. The van der Waals surface area contributed by atoms with E-state index in [9.17, 15) is 0 Å². The van der Waals surface area contributed by atoms with E-state index >= 15 is 0 Å². The van der Waals surface area contributed by atoms with Crippen molar-refractivity contribution >= 4 is 11.7 Å². The lowest BCUT2D eigenvalue weighted by Gasteiger charge is -2.14. The number of rotatable bonds is 5. The first-order valence-electron chi connectivity index (χ1n) is 4.96. The Balaban J connectivity index is 1.68. The van der Waals surface area contributed by atoms with E-state index in [1.165, 1.54) is 0 Å². The zero-order valence-corrected chi connectivity index (χ0v) is 9.01. The second-order valence-corrected chi connectivity index (χ2v) is 3.45. The predicted octanol–water partition coefficient (Wildman–Crippen LogP) is -1.47. The third-order valence-electron chi connectivity index (χ3n) is 2.14. The predicted molar refractivity (Wildman–Crippen MR) is 58.6 cm³/mol. The molecule has 16 heavy (non-hydrogen) atoms. The summed E-state index contributed by atoms with van der Waals surface area (Å²) in [6.07, 6.45) is 3.29. The van der Waals surface area contributed by atoms with Crippen LogP contribution in [0.3, 0.4) is 0 Å². The first kappa shape index (κ1) is 10.6. The van der Waals surface area contributed by atoms with Crippen molar-refractivity contribution in [3.05, 3.63) is 6.20 Å². The van der Waals surface area contributed by atoms with E-state index in [1.807, 2.05) is 7.05 Å². The minimum atomic E-state index is 0.636. The number of amidine groups is 1. The van der Waals surface area contributed by atoms with Gasteiger partial charge in [-0.05, 0) is 6.42 Å². The highest BCUT2D eigenvalue weighted by Crippen LogP contribution is 2.04. The van der Waals surface area contributed by atoms with E-state index in [0.717, 1.165) is 18.7 Å². The van der Waals surface area contributed by atoms with Crippen LogP contribution in [0.4, 0.5) is 5.82 Å². The minimum Gasteiger partial charge on any atom is -0.292 e. The number of hydrogen-bond acceptors (Lipinski definition) is 8. The Morgan fingerprint density at radius 2 is 2.44 bits per heavy atom. The Kier molecular flexibility index (Phi) is 3.17. The third kappa shape index (κ3) is 2.58. The molecule has 2 rings (SSSR count). The molecule has 0 aromatic carbocycles. The Morgan fingerprint density at radius 3 is 3.06 bits per heavy atom. The van der Waals surface area contributed by atoms with Gasteiger partial charge in [0, 0.05) is 20.0 Å². The molecule has 0 saturated heterocycles. The van der Waals surface area contributed by atoms with Crippen molar-refractivity contribution in [2.75, 3.05) is 18.6 Å². The highest BCUT2D eigenvalue weighted by Gasteiger charge is 2.10. The molecule has 0 unspecified atom stereocenters. The van der Waals surface area contributed by atoms with Gasteiger partial charge in [-0.1, -0.05) is 0 Å². The second-order valence-electron chi connectivity index (χ2n) is 3.45. The Hall–Kier alpha value is -1.87. The van der Waals surface area contributed by atoms with E-state index in [2.05, 4.69) is 31.5 Å². The Labute approximate surface area is 92.6 Å². The Bertz CT molecular complexity index is 345. The highest BCUT2D eigenvalue weighted by atomic mass is 15.9. The average molecular weight is 225 g/mol. The van der Waals surface area contributed by atoms with Crippen LogP contribution >= 0.6 is 0 Å². The SMILES string of the molecule is CN1NN=C(CCCN(N)c2cn[nH]n2)N1. The molecule has 88 valence electrons. The van der Waals surface area contributed by atoms with Gasteiger partial charge in [0.05, 0.1) is 6.20 Å². The van der Waals surface area contributed by atoms with Gasteiger partial charge in [0.1, 0.15) is 5.84 Å². The number of nitrogens with zero attached hydrogens (tertiary/aromatic N) is 5. The number of anilines is 1. The van der Waals surface area contributed by atoms with Crippen LogP contribution in [-0.2, 0) is 0 Å². The topological polar surface area (TPSA) is 110 Å². The molecule has 0 amide bonds. The number of hydrazine groups is 3. The molecule has 1 aliphatic rings. The number of H-pyrrole nitrogens is 1. The maximum Gasteiger partial charge on any atom is 0.184 e. The number of nitrogens with two attached hydrogens (primary N) is 1. The van der Waals surface area contributed by atoms with Gasteiger partial charge in [0.2, 0.25) is 0 Å². The maximum atomic E-state index is 5.78. The molecule has 0 aliphatic carbocycles. The molecule has 9 nitrogen and oxygen atoms in total. The molecule has 9 heteroatoms. The monoisotopic (exact) mass is 225 g/mol. The summed E-state index contributed by atoms with van der Waals surface area (Å²) in [6, 6.07) is 0. The van der Waals surface area contributed by atoms with Gasteiger partial charge in [0.25, 0.3) is 0 Å². The molecular formula is C7H15N9. The molecule has 1 aromatic heterocycles. The molecule has 1 aromatic rings. The summed E-state index contributed by atoms with van der Waals surface area (Å²) < 4.78 is 0. The van der Waals surface area contributed by atoms with Gasteiger partial charge in [-0.25, -0.2) is 11.4 Å². The number of hydrogen-bond donors (Lipinski definition) is 4. The minimum absolute atomic E-state index is 0.636. The summed E-state index contributed by atoms with van der Waals surface area (Å²) in [4.78, 5) is 0. The fourth-order valence-electron chi connectivity index (χ4n) is 1.36. The highest BCUT2D eigenvalue weighted by molar-refractivity contribution is 5.82. The fourth-order valence-corrected chi connectivity index (χ4v) is 1.36. The molecule has 5 N–H and O–H groups in total. The van der Waals surface area contributed by atoms with Crippen molar-refractivity contribution in [1.29, 1.82) is 0 Å². The Morgan fingerprint density at radius 1 is 1.56 bits per heavy atom. The molecule has 0 fully saturated rings. The van der Waals surface area contributed by atoms with Crippen molar-refractivity contribution in [3.8, 4) is 0 Å². The van der Waals surface area contributed by atoms with Crippen LogP contribution in [0.5, 0.6) is 0 Å². The van der Waals surface area contributed by atoms with Crippen molar-refractivity contribution in [2.24, 2.45) is 10.9 Å².